The van der Waals surface area contributed by atoms with Crippen LogP contribution < -0.4 is 0 Å². The van der Waals surface area contributed by atoms with Crippen LogP contribution in [0.1, 0.15) is 16.8 Å². The third-order valence-corrected chi connectivity index (χ3v) is 2.50. The molecule has 0 saturated heterocycles. The Morgan fingerprint density at radius 3 is 2.56 bits per heavy atom. The molecule has 16 heavy (non-hydrogen) atoms. The minimum absolute atomic E-state index is 0.679. The van der Waals surface area contributed by atoms with E-state index in [1.54, 1.807) is 12.3 Å². The van der Waals surface area contributed by atoms with Gasteiger partial charge < -0.3 is 0 Å². The molecule has 2 rings (SSSR count). The third kappa shape index (κ3) is 2.46. The highest BCUT2D eigenvalue weighted by atomic mass is 14.7. The Morgan fingerprint density at radius 1 is 1.00 bits per heavy atom. The lowest BCUT2D eigenvalue weighted by Crippen LogP contribution is -1.97. The molecule has 0 N–H and O–H groups in total. The molecule has 0 unspecified atom stereocenters. The predicted octanol–water partition coefficient (Wildman–Crippen LogP) is 2.74. The summed E-state index contributed by atoms with van der Waals surface area (Å²) in [7, 11) is 0. The molecule has 0 aliphatic heterocycles. The van der Waals surface area contributed by atoms with Crippen LogP contribution in [-0.4, -0.2) is 4.98 Å². The number of nitrogens with zero attached hydrogens (tertiary/aromatic N) is 2. The molecule has 0 atom stereocenters. The van der Waals surface area contributed by atoms with E-state index < -0.39 is 0 Å². The van der Waals surface area contributed by atoms with E-state index in [0.717, 1.165) is 18.5 Å². The second-order valence-corrected chi connectivity index (χ2v) is 3.60. The Kier molecular flexibility index (Phi) is 3.30. The molecule has 0 spiro atoms. The van der Waals surface area contributed by atoms with Gasteiger partial charge in [0.2, 0.25) is 0 Å². The van der Waals surface area contributed by atoms with Crippen molar-refractivity contribution in [2.24, 2.45) is 0 Å². The fraction of sp³-hybridized carbons (Fsp3) is 0.143. The van der Waals surface area contributed by atoms with Crippen LogP contribution in [0.3, 0.4) is 0 Å². The topological polar surface area (TPSA) is 36.7 Å². The van der Waals surface area contributed by atoms with Gasteiger partial charge in [-0.3, -0.25) is 4.98 Å². The van der Waals surface area contributed by atoms with Gasteiger partial charge in [-0.15, -0.1) is 0 Å². The quantitative estimate of drug-likeness (QED) is 0.777. The van der Waals surface area contributed by atoms with E-state index in [1.807, 2.05) is 24.3 Å². The van der Waals surface area contributed by atoms with Crippen molar-refractivity contribution in [1.82, 2.24) is 4.98 Å². The lowest BCUT2D eigenvalue weighted by Gasteiger charge is -2.02. The predicted molar refractivity (Wildman–Crippen MR) is 62.8 cm³/mol. The molecule has 0 aliphatic carbocycles. The maximum atomic E-state index is 8.93. The average molecular weight is 208 g/mol. The third-order valence-electron chi connectivity index (χ3n) is 2.50. The maximum absolute atomic E-state index is 8.93. The van der Waals surface area contributed by atoms with Crippen LogP contribution in [0, 0.1) is 11.3 Å². The zero-order valence-electron chi connectivity index (χ0n) is 8.93. The number of benzene rings is 1. The first-order valence-electron chi connectivity index (χ1n) is 5.28. The van der Waals surface area contributed by atoms with Gasteiger partial charge in [-0.25, -0.2) is 0 Å². The molecule has 0 saturated carbocycles. The molecule has 1 aromatic carbocycles. The van der Waals surface area contributed by atoms with Crippen molar-refractivity contribution in [3.05, 3.63) is 65.5 Å². The van der Waals surface area contributed by atoms with E-state index in [2.05, 4.69) is 23.2 Å². The Hall–Kier alpha value is -2.14. The first-order valence-corrected chi connectivity index (χ1v) is 5.28. The van der Waals surface area contributed by atoms with Crippen molar-refractivity contribution in [2.75, 3.05) is 0 Å². The lowest BCUT2D eigenvalue weighted by molar-refractivity contribution is 0.908. The fourth-order valence-electron chi connectivity index (χ4n) is 1.65. The summed E-state index contributed by atoms with van der Waals surface area (Å²) in [6.45, 7) is 0. The minimum atomic E-state index is 0.679. The molecule has 78 valence electrons. The highest BCUT2D eigenvalue weighted by molar-refractivity contribution is 5.33. The fourth-order valence-corrected chi connectivity index (χ4v) is 1.65. The number of rotatable bonds is 3. The van der Waals surface area contributed by atoms with Crippen LogP contribution in [0.5, 0.6) is 0 Å². The van der Waals surface area contributed by atoms with E-state index in [9.17, 15) is 0 Å². The van der Waals surface area contributed by atoms with E-state index in [-0.39, 0.29) is 0 Å². The molecule has 2 heteroatoms. The molecule has 1 aromatic heterocycles. The van der Waals surface area contributed by atoms with Crippen molar-refractivity contribution in [2.45, 2.75) is 12.8 Å². The molecule has 0 aliphatic rings. The maximum Gasteiger partial charge on any atom is 0.101 e. The molecule has 0 bridgehead atoms. The van der Waals surface area contributed by atoms with Gasteiger partial charge in [0, 0.05) is 6.20 Å². The molecule has 2 nitrogen and oxygen atoms in total. The van der Waals surface area contributed by atoms with Crippen molar-refractivity contribution >= 4 is 0 Å². The van der Waals surface area contributed by atoms with Gasteiger partial charge in [0.15, 0.2) is 0 Å². The van der Waals surface area contributed by atoms with Gasteiger partial charge in [0.25, 0.3) is 0 Å². The van der Waals surface area contributed by atoms with E-state index >= 15 is 0 Å². The lowest BCUT2D eigenvalue weighted by atomic mass is 10.1. The first kappa shape index (κ1) is 10.4. The largest absolute Gasteiger partial charge is 0.260 e. The second-order valence-electron chi connectivity index (χ2n) is 3.60. The van der Waals surface area contributed by atoms with Gasteiger partial charge in [0.05, 0.1) is 11.3 Å². The monoisotopic (exact) mass is 208 g/mol. The summed E-state index contributed by atoms with van der Waals surface area (Å²) in [5.74, 6) is 0. The molecule has 0 amide bonds. The van der Waals surface area contributed by atoms with Crippen LogP contribution in [0.2, 0.25) is 0 Å². The smallest absolute Gasteiger partial charge is 0.101 e. The number of aromatic nitrogens is 1. The molecular weight excluding hydrogens is 196 g/mol. The molecule has 2 aromatic rings. The minimum Gasteiger partial charge on any atom is -0.260 e. The van der Waals surface area contributed by atoms with Gasteiger partial charge >= 0.3 is 0 Å². The van der Waals surface area contributed by atoms with Crippen LogP contribution in [0.4, 0.5) is 0 Å². The van der Waals surface area contributed by atoms with Crippen LogP contribution in [0.25, 0.3) is 0 Å². The summed E-state index contributed by atoms with van der Waals surface area (Å²) >= 11 is 0. The summed E-state index contributed by atoms with van der Waals surface area (Å²) < 4.78 is 0. The Bertz CT molecular complexity index is 498. The van der Waals surface area contributed by atoms with Crippen molar-refractivity contribution in [3.8, 4) is 6.07 Å². The summed E-state index contributed by atoms with van der Waals surface area (Å²) in [6.07, 6.45) is 3.47. The summed E-state index contributed by atoms with van der Waals surface area (Å²) in [6, 6.07) is 16.0. The highest BCUT2D eigenvalue weighted by Crippen LogP contribution is 2.08. The zero-order valence-corrected chi connectivity index (χ0v) is 8.93. The van der Waals surface area contributed by atoms with Crippen LogP contribution in [0.15, 0.2) is 48.7 Å². The molecular formula is C14H12N2. The van der Waals surface area contributed by atoms with Gasteiger partial charge in [-0.2, -0.15) is 5.26 Å². The van der Waals surface area contributed by atoms with E-state index in [1.165, 1.54) is 5.56 Å². The second kappa shape index (κ2) is 5.09. The first-order chi connectivity index (χ1) is 7.90. The van der Waals surface area contributed by atoms with Gasteiger partial charge in [-0.05, 0) is 30.5 Å². The van der Waals surface area contributed by atoms with E-state index in [4.69, 9.17) is 5.26 Å². The molecule has 0 radical (unpaired) electrons. The summed E-state index contributed by atoms with van der Waals surface area (Å²) in [4.78, 5) is 4.24. The highest BCUT2D eigenvalue weighted by Gasteiger charge is 2.02. The molecule has 1 heterocycles. The molecule has 0 fully saturated rings. The SMILES string of the molecule is N#Cc1cccnc1CCc1ccccc1. The average Bonchev–Trinajstić information content (AvgIpc) is 2.38. The van der Waals surface area contributed by atoms with E-state index in [0.29, 0.717) is 5.56 Å². The summed E-state index contributed by atoms with van der Waals surface area (Å²) in [5.41, 5.74) is 2.84. The van der Waals surface area contributed by atoms with Crippen molar-refractivity contribution < 1.29 is 0 Å². The Morgan fingerprint density at radius 2 is 1.81 bits per heavy atom. The number of aryl methyl sites for hydroxylation is 2. The van der Waals surface area contributed by atoms with Crippen LogP contribution in [-0.2, 0) is 12.8 Å². The number of hydrogen-bond acceptors (Lipinski definition) is 2. The standard InChI is InChI=1S/C14H12N2/c15-11-13-7-4-10-16-14(13)9-8-12-5-2-1-3-6-12/h1-7,10H,8-9H2. The van der Waals surface area contributed by atoms with Gasteiger partial charge in [-0.1, -0.05) is 30.3 Å². The Balaban J connectivity index is 2.09. The summed E-state index contributed by atoms with van der Waals surface area (Å²) in [5, 5.41) is 8.93. The van der Waals surface area contributed by atoms with Gasteiger partial charge in [0.1, 0.15) is 6.07 Å². The normalized spacial score (nSPS) is 9.69. The number of hydrogen-bond donors (Lipinski definition) is 0. The number of nitriles is 1. The Labute approximate surface area is 95.2 Å². The zero-order chi connectivity index (χ0) is 11.2. The van der Waals surface area contributed by atoms with Crippen molar-refractivity contribution in [1.29, 1.82) is 5.26 Å². The van der Waals surface area contributed by atoms with Crippen LogP contribution >= 0.6 is 0 Å². The number of pyridine rings is 1. The van der Waals surface area contributed by atoms with Crippen molar-refractivity contribution in [3.63, 3.8) is 0 Å².